The molecule has 1 aliphatic rings. The number of piperidine rings is 1. The molecule has 170 valence electrons. The monoisotopic (exact) mass is 436 g/mol. The van der Waals surface area contributed by atoms with E-state index in [1.54, 1.807) is 36.4 Å². The molecular formula is C24H31F3N2O2. The van der Waals surface area contributed by atoms with Gasteiger partial charge in [0.2, 0.25) is 0 Å². The van der Waals surface area contributed by atoms with Gasteiger partial charge in [-0.05, 0) is 74.8 Å². The van der Waals surface area contributed by atoms with Gasteiger partial charge in [0.05, 0.1) is 5.56 Å². The minimum atomic E-state index is -4.48. The highest BCUT2D eigenvalue weighted by molar-refractivity contribution is 5.86. The molecule has 0 aromatic heterocycles. The number of likely N-dealkylation sites (tertiary alicyclic amines) is 1. The molecule has 2 aromatic carbocycles. The van der Waals surface area contributed by atoms with Crippen molar-refractivity contribution in [1.82, 2.24) is 4.90 Å². The fourth-order valence-corrected chi connectivity index (χ4v) is 3.20. The standard InChI is InChI=1S/C20H21F3N2O2.C2H6.C2H4/c1-25-9-7-14(8-10-25)15-11-16(20(21,22)23)13-17(12-15)24-19(26)27-18-5-3-2-4-6-18;2*1-2/h2-6,11-14H,7-10H2,1H3,(H,24,26);1-2H3;1-2H2. The van der Waals surface area contributed by atoms with Crippen molar-refractivity contribution < 1.29 is 22.7 Å². The third kappa shape index (κ3) is 8.45. The minimum Gasteiger partial charge on any atom is -0.410 e. The molecule has 3 rings (SSSR count). The van der Waals surface area contributed by atoms with Gasteiger partial charge in [-0.1, -0.05) is 32.0 Å². The number of hydrogen-bond acceptors (Lipinski definition) is 3. The second-order valence-electron chi connectivity index (χ2n) is 6.75. The van der Waals surface area contributed by atoms with Gasteiger partial charge in [0, 0.05) is 5.69 Å². The van der Waals surface area contributed by atoms with E-state index in [1.165, 1.54) is 6.07 Å². The van der Waals surface area contributed by atoms with Gasteiger partial charge >= 0.3 is 12.3 Å². The molecule has 0 aliphatic carbocycles. The number of anilines is 1. The van der Waals surface area contributed by atoms with Crippen LogP contribution in [-0.2, 0) is 6.18 Å². The van der Waals surface area contributed by atoms with E-state index in [2.05, 4.69) is 23.4 Å². The van der Waals surface area contributed by atoms with Gasteiger partial charge in [-0.3, -0.25) is 5.32 Å². The molecule has 1 saturated heterocycles. The largest absolute Gasteiger partial charge is 0.417 e. The lowest BCUT2D eigenvalue weighted by molar-refractivity contribution is -0.137. The maximum absolute atomic E-state index is 13.3. The summed E-state index contributed by atoms with van der Waals surface area (Å²) in [6.07, 6.45) is -3.74. The van der Waals surface area contributed by atoms with E-state index in [1.807, 2.05) is 20.9 Å². The van der Waals surface area contributed by atoms with E-state index in [4.69, 9.17) is 4.74 Å². The van der Waals surface area contributed by atoms with E-state index >= 15 is 0 Å². The smallest absolute Gasteiger partial charge is 0.410 e. The van der Waals surface area contributed by atoms with Crippen LogP contribution in [0.15, 0.2) is 61.7 Å². The van der Waals surface area contributed by atoms with Crippen LogP contribution in [0.4, 0.5) is 23.7 Å². The van der Waals surface area contributed by atoms with E-state index in [0.29, 0.717) is 11.3 Å². The minimum absolute atomic E-state index is 0.0363. The van der Waals surface area contributed by atoms with E-state index < -0.39 is 17.8 Å². The Balaban J connectivity index is 0.00000113. The van der Waals surface area contributed by atoms with Crippen molar-refractivity contribution in [2.45, 2.75) is 38.8 Å². The molecule has 0 unspecified atom stereocenters. The first kappa shape index (κ1) is 26.2. The Morgan fingerprint density at radius 3 is 2.19 bits per heavy atom. The Morgan fingerprint density at radius 2 is 1.65 bits per heavy atom. The number of ether oxygens (including phenoxy) is 1. The zero-order valence-corrected chi connectivity index (χ0v) is 18.3. The van der Waals surface area contributed by atoms with Crippen LogP contribution < -0.4 is 10.1 Å². The normalized spacial score (nSPS) is 14.4. The first-order valence-corrected chi connectivity index (χ1v) is 10.3. The average molecular weight is 437 g/mol. The van der Waals surface area contributed by atoms with Crippen molar-refractivity contribution in [3.05, 3.63) is 72.8 Å². The third-order valence-electron chi connectivity index (χ3n) is 4.67. The molecule has 1 fully saturated rings. The van der Waals surface area contributed by atoms with E-state index in [0.717, 1.165) is 32.0 Å². The van der Waals surface area contributed by atoms with Gasteiger partial charge in [0.15, 0.2) is 0 Å². The van der Waals surface area contributed by atoms with Crippen LogP contribution in [0.2, 0.25) is 0 Å². The van der Waals surface area contributed by atoms with Gasteiger partial charge in [-0.15, -0.1) is 13.2 Å². The van der Waals surface area contributed by atoms with Gasteiger partial charge in [0.25, 0.3) is 0 Å². The Hall–Kier alpha value is -2.80. The lowest BCUT2D eigenvalue weighted by atomic mass is 9.88. The predicted octanol–water partition coefficient (Wildman–Crippen LogP) is 6.95. The van der Waals surface area contributed by atoms with Crippen LogP contribution in [0.5, 0.6) is 5.75 Å². The van der Waals surface area contributed by atoms with Crippen LogP contribution >= 0.6 is 0 Å². The highest BCUT2D eigenvalue weighted by Crippen LogP contribution is 2.36. The Kier molecular flexibility index (Phi) is 10.8. The number of carbonyl (C=O) groups is 1. The molecule has 0 spiro atoms. The molecule has 0 radical (unpaired) electrons. The maximum atomic E-state index is 13.3. The van der Waals surface area contributed by atoms with E-state index in [9.17, 15) is 18.0 Å². The van der Waals surface area contributed by atoms with E-state index in [-0.39, 0.29) is 11.6 Å². The molecule has 0 atom stereocenters. The Labute approximate surface area is 182 Å². The van der Waals surface area contributed by atoms with Gasteiger partial charge in [0.1, 0.15) is 5.75 Å². The number of hydrogen-bond donors (Lipinski definition) is 1. The van der Waals surface area contributed by atoms with Crippen LogP contribution in [0.25, 0.3) is 0 Å². The summed E-state index contributed by atoms with van der Waals surface area (Å²) in [7, 11) is 1.99. The van der Waals surface area contributed by atoms with Crippen LogP contribution in [0, 0.1) is 0 Å². The number of alkyl halides is 3. The third-order valence-corrected chi connectivity index (χ3v) is 4.67. The number of halogens is 3. The summed E-state index contributed by atoms with van der Waals surface area (Å²) < 4.78 is 45.0. The molecule has 0 saturated carbocycles. The quantitative estimate of drug-likeness (QED) is 0.529. The van der Waals surface area contributed by atoms with Crippen molar-refractivity contribution in [2.24, 2.45) is 0 Å². The summed E-state index contributed by atoms with van der Waals surface area (Å²) in [6.45, 7) is 11.7. The molecule has 2 aromatic rings. The fourth-order valence-electron chi connectivity index (χ4n) is 3.20. The molecule has 7 heteroatoms. The first-order valence-electron chi connectivity index (χ1n) is 10.3. The van der Waals surface area contributed by atoms with Gasteiger partial charge < -0.3 is 9.64 Å². The van der Waals surface area contributed by atoms with Crippen molar-refractivity contribution in [3.8, 4) is 5.75 Å². The lowest BCUT2D eigenvalue weighted by Gasteiger charge is -2.29. The zero-order valence-electron chi connectivity index (χ0n) is 18.3. The molecule has 31 heavy (non-hydrogen) atoms. The summed E-state index contributed by atoms with van der Waals surface area (Å²) in [4.78, 5) is 14.2. The zero-order chi connectivity index (χ0) is 23.4. The summed E-state index contributed by atoms with van der Waals surface area (Å²) in [5, 5.41) is 2.42. The average Bonchev–Trinajstić information content (AvgIpc) is 2.77. The molecule has 0 bridgehead atoms. The number of nitrogens with zero attached hydrogens (tertiary/aromatic N) is 1. The maximum Gasteiger partial charge on any atom is 0.417 e. The van der Waals surface area contributed by atoms with Crippen LogP contribution in [0.3, 0.4) is 0 Å². The van der Waals surface area contributed by atoms with Crippen molar-refractivity contribution in [2.75, 3.05) is 25.5 Å². The van der Waals surface area contributed by atoms with Crippen molar-refractivity contribution in [1.29, 1.82) is 0 Å². The molecule has 1 heterocycles. The number of amides is 1. The number of para-hydroxylation sites is 1. The number of nitrogens with one attached hydrogen (secondary N) is 1. The molecular weight excluding hydrogens is 405 g/mol. The van der Waals surface area contributed by atoms with Crippen LogP contribution in [0.1, 0.15) is 43.7 Å². The highest BCUT2D eigenvalue weighted by Gasteiger charge is 2.32. The first-order chi connectivity index (χ1) is 14.8. The summed E-state index contributed by atoms with van der Waals surface area (Å²) in [5.41, 5.74) is -0.0958. The number of rotatable bonds is 3. The van der Waals surface area contributed by atoms with Crippen molar-refractivity contribution >= 4 is 11.8 Å². The molecule has 1 amide bonds. The molecule has 1 N–H and O–H groups in total. The summed E-state index contributed by atoms with van der Waals surface area (Å²) in [5.74, 6) is 0.353. The summed E-state index contributed by atoms with van der Waals surface area (Å²) in [6, 6.07) is 12.1. The number of benzene rings is 2. The SMILES string of the molecule is C=C.CC.CN1CCC(c2cc(NC(=O)Oc3ccccc3)cc(C(F)(F)F)c2)CC1. The van der Waals surface area contributed by atoms with Crippen LogP contribution in [-0.4, -0.2) is 31.1 Å². The Morgan fingerprint density at radius 1 is 1.06 bits per heavy atom. The summed E-state index contributed by atoms with van der Waals surface area (Å²) >= 11 is 0. The molecule has 4 nitrogen and oxygen atoms in total. The van der Waals surface area contributed by atoms with Gasteiger partial charge in [-0.25, -0.2) is 4.79 Å². The highest BCUT2D eigenvalue weighted by atomic mass is 19.4. The van der Waals surface area contributed by atoms with Gasteiger partial charge in [-0.2, -0.15) is 13.2 Å². The fraction of sp³-hybridized carbons (Fsp3) is 0.375. The lowest BCUT2D eigenvalue weighted by Crippen LogP contribution is -2.29. The number of carbonyl (C=O) groups excluding carboxylic acids is 1. The second kappa shape index (κ2) is 12.8. The Bertz CT molecular complexity index is 802. The topological polar surface area (TPSA) is 41.6 Å². The second-order valence-corrected chi connectivity index (χ2v) is 6.75. The molecule has 1 aliphatic heterocycles. The predicted molar refractivity (Wildman–Crippen MR) is 120 cm³/mol. The van der Waals surface area contributed by atoms with Crippen molar-refractivity contribution in [3.63, 3.8) is 0 Å².